The number of aromatic nitrogens is 3. The van der Waals surface area contributed by atoms with Crippen molar-refractivity contribution in [2.24, 2.45) is 7.05 Å². The largest absolute Gasteiger partial charge is 0.298 e. The molecule has 2 aromatic heterocycles. The zero-order valence-electron chi connectivity index (χ0n) is 7.71. The number of rotatable bonds is 2. The molecule has 0 saturated carbocycles. The van der Waals surface area contributed by atoms with E-state index in [1.165, 1.54) is 0 Å². The van der Waals surface area contributed by atoms with Gasteiger partial charge in [-0.05, 0) is 12.1 Å². The van der Waals surface area contributed by atoms with Crippen LogP contribution in [0.5, 0.6) is 0 Å². The zero-order valence-corrected chi connectivity index (χ0v) is 7.71. The van der Waals surface area contributed by atoms with Crippen LogP contribution in [0, 0.1) is 0 Å². The van der Waals surface area contributed by atoms with E-state index in [4.69, 9.17) is 0 Å². The Balaban J connectivity index is 2.56. The summed E-state index contributed by atoms with van der Waals surface area (Å²) in [5.41, 5.74) is 2.12. The summed E-state index contributed by atoms with van der Waals surface area (Å²) in [5, 5.41) is 4.20. The number of hydrogen-bond donors (Lipinski definition) is 0. The number of carbonyl (C=O) groups is 1. The zero-order chi connectivity index (χ0) is 9.97. The fourth-order valence-corrected chi connectivity index (χ4v) is 1.32. The quantitative estimate of drug-likeness (QED) is 0.665. The predicted octanol–water partition coefficient (Wildman–Crippen LogP) is 1.29. The third-order valence-electron chi connectivity index (χ3n) is 1.92. The monoisotopic (exact) mass is 187 g/mol. The summed E-state index contributed by atoms with van der Waals surface area (Å²) in [5.74, 6) is 0. The third kappa shape index (κ3) is 1.42. The van der Waals surface area contributed by atoms with Crippen molar-refractivity contribution in [2.45, 2.75) is 0 Å². The molecule has 14 heavy (non-hydrogen) atoms. The first-order valence-corrected chi connectivity index (χ1v) is 4.20. The molecule has 0 aliphatic heterocycles. The summed E-state index contributed by atoms with van der Waals surface area (Å²) in [6.45, 7) is 0. The van der Waals surface area contributed by atoms with Crippen molar-refractivity contribution < 1.29 is 4.79 Å². The van der Waals surface area contributed by atoms with Crippen LogP contribution in [0.25, 0.3) is 11.3 Å². The summed E-state index contributed by atoms with van der Waals surface area (Å²) >= 11 is 0. The van der Waals surface area contributed by atoms with E-state index >= 15 is 0 Å². The molecule has 2 rings (SSSR count). The van der Waals surface area contributed by atoms with Crippen LogP contribution >= 0.6 is 0 Å². The van der Waals surface area contributed by atoms with Crippen LogP contribution in [0.3, 0.4) is 0 Å². The first kappa shape index (κ1) is 8.62. The summed E-state index contributed by atoms with van der Waals surface area (Å²) in [4.78, 5) is 14.7. The molecule has 0 radical (unpaired) electrons. The summed E-state index contributed by atoms with van der Waals surface area (Å²) in [6.07, 6.45) is 5.87. The third-order valence-corrected chi connectivity index (χ3v) is 1.92. The number of pyridine rings is 1. The van der Waals surface area contributed by atoms with Gasteiger partial charge in [-0.2, -0.15) is 5.10 Å². The molecule has 0 aliphatic rings. The van der Waals surface area contributed by atoms with Gasteiger partial charge in [-0.1, -0.05) is 0 Å². The molecule has 0 fully saturated rings. The van der Waals surface area contributed by atoms with Crippen molar-refractivity contribution in [3.63, 3.8) is 0 Å². The van der Waals surface area contributed by atoms with Crippen LogP contribution in [0.1, 0.15) is 10.4 Å². The molecule has 0 aliphatic carbocycles. The van der Waals surface area contributed by atoms with Gasteiger partial charge in [0.05, 0.1) is 5.56 Å². The second-order valence-electron chi connectivity index (χ2n) is 2.97. The molecule has 2 aromatic rings. The maximum Gasteiger partial charge on any atom is 0.153 e. The second kappa shape index (κ2) is 3.41. The molecule has 0 aromatic carbocycles. The highest BCUT2D eigenvalue weighted by atomic mass is 16.1. The SMILES string of the molecule is Cn1cc(C=O)c(-c2cccnc2)n1. The van der Waals surface area contributed by atoms with Gasteiger partial charge in [-0.15, -0.1) is 0 Å². The van der Waals surface area contributed by atoms with Gasteiger partial charge in [0.1, 0.15) is 5.69 Å². The Morgan fingerprint density at radius 1 is 1.50 bits per heavy atom. The standard InChI is InChI=1S/C10H9N3O/c1-13-6-9(7-14)10(12-13)8-3-2-4-11-5-8/h2-7H,1H3. The molecule has 2 heterocycles. The first-order valence-electron chi connectivity index (χ1n) is 4.20. The van der Waals surface area contributed by atoms with Crippen LogP contribution in [-0.4, -0.2) is 21.1 Å². The number of carbonyl (C=O) groups excluding carboxylic acids is 1. The van der Waals surface area contributed by atoms with Crippen molar-refractivity contribution in [1.82, 2.24) is 14.8 Å². The minimum Gasteiger partial charge on any atom is -0.298 e. The molecule has 0 atom stereocenters. The van der Waals surface area contributed by atoms with Crippen LogP contribution < -0.4 is 0 Å². The van der Waals surface area contributed by atoms with E-state index in [1.807, 2.05) is 12.1 Å². The molecule has 70 valence electrons. The van der Waals surface area contributed by atoms with Gasteiger partial charge in [0.25, 0.3) is 0 Å². The Hall–Kier alpha value is -1.97. The molecule has 0 bridgehead atoms. The van der Waals surface area contributed by atoms with Crippen LogP contribution in [0.2, 0.25) is 0 Å². The molecular formula is C10H9N3O. The molecule has 4 nitrogen and oxygen atoms in total. The van der Waals surface area contributed by atoms with Gasteiger partial charge < -0.3 is 0 Å². The average molecular weight is 187 g/mol. The normalized spacial score (nSPS) is 10.1. The van der Waals surface area contributed by atoms with Crippen LogP contribution in [-0.2, 0) is 7.05 Å². The number of nitrogens with zero attached hydrogens (tertiary/aromatic N) is 3. The van der Waals surface area contributed by atoms with Crippen molar-refractivity contribution in [1.29, 1.82) is 0 Å². The lowest BCUT2D eigenvalue weighted by molar-refractivity contribution is 0.112. The molecule has 0 unspecified atom stereocenters. The molecule has 0 amide bonds. The minimum atomic E-state index is 0.584. The number of aldehydes is 1. The van der Waals surface area contributed by atoms with Gasteiger partial charge in [-0.3, -0.25) is 14.5 Å². The van der Waals surface area contributed by atoms with E-state index in [9.17, 15) is 4.79 Å². The fourth-order valence-electron chi connectivity index (χ4n) is 1.32. The van der Waals surface area contributed by atoms with E-state index in [0.29, 0.717) is 11.3 Å². The molecule has 0 saturated heterocycles. The maximum absolute atomic E-state index is 10.7. The van der Waals surface area contributed by atoms with Gasteiger partial charge >= 0.3 is 0 Å². The van der Waals surface area contributed by atoms with Crippen molar-refractivity contribution in [3.8, 4) is 11.3 Å². The lowest BCUT2D eigenvalue weighted by Gasteiger charge is -1.95. The molecular weight excluding hydrogens is 178 g/mol. The topological polar surface area (TPSA) is 47.8 Å². The van der Waals surface area contributed by atoms with Crippen molar-refractivity contribution in [3.05, 3.63) is 36.3 Å². The van der Waals surface area contributed by atoms with Gasteiger partial charge in [-0.25, -0.2) is 0 Å². The minimum absolute atomic E-state index is 0.584. The van der Waals surface area contributed by atoms with Gasteiger partial charge in [0.2, 0.25) is 0 Å². The molecule has 0 N–H and O–H groups in total. The highest BCUT2D eigenvalue weighted by molar-refractivity contribution is 5.85. The van der Waals surface area contributed by atoms with E-state index < -0.39 is 0 Å². The Morgan fingerprint density at radius 3 is 3.00 bits per heavy atom. The van der Waals surface area contributed by atoms with E-state index in [-0.39, 0.29) is 0 Å². The summed E-state index contributed by atoms with van der Waals surface area (Å²) in [6, 6.07) is 3.70. The molecule has 4 heteroatoms. The summed E-state index contributed by atoms with van der Waals surface area (Å²) < 4.78 is 1.62. The second-order valence-corrected chi connectivity index (χ2v) is 2.97. The highest BCUT2D eigenvalue weighted by Gasteiger charge is 2.08. The van der Waals surface area contributed by atoms with E-state index in [0.717, 1.165) is 11.8 Å². The number of aryl methyl sites for hydroxylation is 1. The number of hydrogen-bond acceptors (Lipinski definition) is 3. The van der Waals surface area contributed by atoms with E-state index in [2.05, 4.69) is 10.1 Å². The fraction of sp³-hybridized carbons (Fsp3) is 0.100. The van der Waals surface area contributed by atoms with E-state index in [1.54, 1.807) is 30.3 Å². The van der Waals surface area contributed by atoms with Crippen molar-refractivity contribution >= 4 is 6.29 Å². The van der Waals surface area contributed by atoms with Crippen molar-refractivity contribution in [2.75, 3.05) is 0 Å². The lowest BCUT2D eigenvalue weighted by Crippen LogP contribution is -1.88. The van der Waals surface area contributed by atoms with Gasteiger partial charge in [0.15, 0.2) is 6.29 Å². The Morgan fingerprint density at radius 2 is 2.36 bits per heavy atom. The Labute approximate surface area is 81.2 Å². The Kier molecular flexibility index (Phi) is 2.10. The van der Waals surface area contributed by atoms with Crippen LogP contribution in [0.15, 0.2) is 30.7 Å². The first-order chi connectivity index (χ1) is 6.81. The van der Waals surface area contributed by atoms with Crippen LogP contribution in [0.4, 0.5) is 0 Å². The smallest absolute Gasteiger partial charge is 0.153 e. The highest BCUT2D eigenvalue weighted by Crippen LogP contribution is 2.18. The predicted molar refractivity (Wildman–Crippen MR) is 51.8 cm³/mol. The average Bonchev–Trinajstić information content (AvgIpc) is 2.61. The van der Waals surface area contributed by atoms with Gasteiger partial charge in [0, 0.05) is 31.2 Å². The molecule has 0 spiro atoms. The summed E-state index contributed by atoms with van der Waals surface area (Å²) in [7, 11) is 1.78. The maximum atomic E-state index is 10.7. The Bertz CT molecular complexity index is 448. The lowest BCUT2D eigenvalue weighted by atomic mass is 10.1.